The highest BCUT2D eigenvalue weighted by Gasteiger charge is 2.31. The van der Waals surface area contributed by atoms with Gasteiger partial charge in [0, 0.05) is 74.3 Å². The van der Waals surface area contributed by atoms with Crippen molar-refractivity contribution in [3.05, 3.63) is 83.9 Å². The Morgan fingerprint density at radius 3 is 2.38 bits per heavy atom. The van der Waals surface area contributed by atoms with E-state index in [9.17, 15) is 19.5 Å². The Labute approximate surface area is 264 Å². The van der Waals surface area contributed by atoms with Gasteiger partial charge in [-0.1, -0.05) is 6.92 Å². The number of rotatable bonds is 7. The molecular weight excluding hydrogens is 574 g/mol. The first-order chi connectivity index (χ1) is 21.7. The molecule has 1 aliphatic heterocycles. The number of anilines is 1. The van der Waals surface area contributed by atoms with Gasteiger partial charge in [-0.15, -0.1) is 0 Å². The molecule has 4 rings (SSSR count). The summed E-state index contributed by atoms with van der Waals surface area (Å²) in [7, 11) is 1.74. The first-order valence-corrected chi connectivity index (χ1v) is 15.4. The van der Waals surface area contributed by atoms with E-state index >= 15 is 0 Å². The summed E-state index contributed by atoms with van der Waals surface area (Å²) in [5, 5.41) is 13.0. The van der Waals surface area contributed by atoms with Gasteiger partial charge in [-0.3, -0.25) is 24.4 Å². The quantitative estimate of drug-likeness (QED) is 0.401. The second-order valence-corrected chi connectivity index (χ2v) is 11.6. The maximum atomic E-state index is 14.3. The highest BCUT2D eigenvalue weighted by molar-refractivity contribution is 6.05. The van der Waals surface area contributed by atoms with Crippen molar-refractivity contribution >= 4 is 23.4 Å². The van der Waals surface area contributed by atoms with E-state index in [1.165, 1.54) is 12.4 Å². The Balaban J connectivity index is 1.63. The number of aliphatic hydroxyl groups excluding tert-OH is 1. The third kappa shape index (κ3) is 9.09. The molecule has 0 saturated carbocycles. The first kappa shape index (κ1) is 33.5. The lowest BCUT2D eigenvalue weighted by atomic mass is 10.0. The minimum atomic E-state index is -0.523. The Kier molecular flexibility index (Phi) is 12.0. The van der Waals surface area contributed by atoms with E-state index in [2.05, 4.69) is 15.3 Å². The van der Waals surface area contributed by atoms with Crippen molar-refractivity contribution in [3.8, 4) is 5.75 Å². The van der Waals surface area contributed by atoms with Crippen LogP contribution in [0.25, 0.3) is 0 Å². The molecule has 4 atom stereocenters. The summed E-state index contributed by atoms with van der Waals surface area (Å²) in [5.41, 5.74) is 1.68. The van der Waals surface area contributed by atoms with Crippen molar-refractivity contribution in [2.24, 2.45) is 5.92 Å². The molecule has 0 saturated heterocycles. The minimum absolute atomic E-state index is 0.148. The first-order valence-electron chi connectivity index (χ1n) is 15.4. The van der Waals surface area contributed by atoms with Crippen LogP contribution in [0.1, 0.15) is 71.1 Å². The van der Waals surface area contributed by atoms with Gasteiger partial charge in [-0.25, -0.2) is 0 Å². The topological polar surface area (TPSA) is 134 Å². The number of ether oxygens (including phenoxy) is 2. The monoisotopic (exact) mass is 617 g/mol. The van der Waals surface area contributed by atoms with E-state index in [0.717, 1.165) is 19.3 Å². The van der Waals surface area contributed by atoms with Crippen LogP contribution >= 0.6 is 0 Å². The summed E-state index contributed by atoms with van der Waals surface area (Å²) < 4.78 is 12.6. The zero-order valence-corrected chi connectivity index (χ0v) is 26.4. The Morgan fingerprint density at radius 1 is 1.04 bits per heavy atom. The smallest absolute Gasteiger partial charge is 0.258 e. The fourth-order valence-electron chi connectivity index (χ4n) is 5.24. The molecule has 2 aromatic heterocycles. The number of hydrogen-bond acceptors (Lipinski definition) is 8. The van der Waals surface area contributed by atoms with Crippen LogP contribution in [-0.2, 0) is 4.74 Å². The lowest BCUT2D eigenvalue weighted by Gasteiger charge is -2.36. The van der Waals surface area contributed by atoms with E-state index in [1.54, 1.807) is 78.6 Å². The van der Waals surface area contributed by atoms with Gasteiger partial charge in [0.1, 0.15) is 5.75 Å². The number of hydrogen-bond donors (Lipinski definition) is 2. The molecule has 0 radical (unpaired) electrons. The van der Waals surface area contributed by atoms with Crippen LogP contribution in [0.3, 0.4) is 0 Å². The largest absolute Gasteiger partial charge is 0.490 e. The van der Waals surface area contributed by atoms with Gasteiger partial charge >= 0.3 is 0 Å². The number of nitrogens with zero attached hydrogens (tertiary/aromatic N) is 4. The zero-order chi connectivity index (χ0) is 32.3. The van der Waals surface area contributed by atoms with Gasteiger partial charge in [0.15, 0.2) is 0 Å². The van der Waals surface area contributed by atoms with Crippen LogP contribution in [0.4, 0.5) is 5.69 Å². The number of amides is 3. The number of aromatic nitrogens is 2. The highest BCUT2D eigenvalue weighted by Crippen LogP contribution is 2.29. The fourth-order valence-corrected chi connectivity index (χ4v) is 5.24. The highest BCUT2D eigenvalue weighted by atomic mass is 16.5. The van der Waals surface area contributed by atoms with Crippen molar-refractivity contribution in [2.45, 2.75) is 58.3 Å². The molecule has 1 aliphatic rings. The van der Waals surface area contributed by atoms with Gasteiger partial charge in [-0.2, -0.15) is 0 Å². The van der Waals surface area contributed by atoms with Crippen LogP contribution in [0.2, 0.25) is 0 Å². The molecule has 0 spiro atoms. The lowest BCUT2D eigenvalue weighted by Crippen LogP contribution is -2.48. The Morgan fingerprint density at radius 2 is 1.71 bits per heavy atom. The van der Waals surface area contributed by atoms with E-state index in [4.69, 9.17) is 9.47 Å². The molecule has 3 aromatic rings. The number of nitrogens with one attached hydrogen (secondary N) is 1. The van der Waals surface area contributed by atoms with E-state index in [-0.39, 0.29) is 54.6 Å². The molecule has 11 nitrogen and oxygen atoms in total. The van der Waals surface area contributed by atoms with Crippen LogP contribution in [0.15, 0.2) is 67.3 Å². The van der Waals surface area contributed by atoms with Crippen molar-refractivity contribution in [1.82, 2.24) is 19.8 Å². The summed E-state index contributed by atoms with van der Waals surface area (Å²) in [6.45, 7) is 6.54. The minimum Gasteiger partial charge on any atom is -0.490 e. The standard InChI is InChI=1S/C34H43N5O6/c1-23-20-39(24(2)22-40)34(43)29-19-28(37-32(41)26-10-14-35-15-11-26)8-9-30(29)45-25(3)7-5-6-18-44-31(23)21-38(4)33(42)27-12-16-36-17-13-27/h8-17,19,23-25,31,40H,5-7,18,20-22H2,1-4H3,(H,37,41)/t23-,24+,25+,31-/m0/s1. The maximum absolute atomic E-state index is 14.3. The van der Waals surface area contributed by atoms with Crippen molar-refractivity contribution in [3.63, 3.8) is 0 Å². The Bertz CT molecular complexity index is 1420. The summed E-state index contributed by atoms with van der Waals surface area (Å²) >= 11 is 0. The molecule has 0 unspecified atom stereocenters. The van der Waals surface area contributed by atoms with Gasteiger partial charge in [0.2, 0.25) is 0 Å². The normalized spacial score (nSPS) is 20.2. The molecule has 3 amide bonds. The SMILES string of the molecule is C[C@@H]1CCCCO[C@@H](CN(C)C(=O)c2ccncc2)[C@@H](C)CN([C@H](C)CO)C(=O)c2cc(NC(=O)c3ccncc3)ccc2O1. The van der Waals surface area contributed by atoms with Gasteiger partial charge < -0.3 is 29.7 Å². The van der Waals surface area contributed by atoms with Crippen LogP contribution in [0, 0.1) is 5.92 Å². The molecule has 3 heterocycles. The molecule has 2 N–H and O–H groups in total. The predicted octanol–water partition coefficient (Wildman–Crippen LogP) is 4.30. The van der Waals surface area contributed by atoms with E-state index in [0.29, 0.717) is 35.7 Å². The second-order valence-electron chi connectivity index (χ2n) is 11.6. The second kappa shape index (κ2) is 16.1. The zero-order valence-electron chi connectivity index (χ0n) is 26.4. The average molecular weight is 618 g/mol. The summed E-state index contributed by atoms with van der Waals surface area (Å²) in [6, 6.07) is 11.1. The molecule has 11 heteroatoms. The van der Waals surface area contributed by atoms with Crippen LogP contribution in [-0.4, -0.2) is 94.2 Å². The molecule has 0 fully saturated rings. The molecule has 45 heavy (non-hydrogen) atoms. The van der Waals surface area contributed by atoms with Crippen LogP contribution in [0.5, 0.6) is 5.75 Å². The third-order valence-electron chi connectivity index (χ3n) is 7.98. The summed E-state index contributed by atoms with van der Waals surface area (Å²) in [6.07, 6.45) is 8.09. The van der Waals surface area contributed by atoms with Crippen LogP contribution < -0.4 is 10.1 Å². The van der Waals surface area contributed by atoms with Gasteiger partial charge in [0.05, 0.1) is 30.4 Å². The molecule has 240 valence electrons. The number of carbonyl (C=O) groups is 3. The number of benzene rings is 1. The van der Waals surface area contributed by atoms with Crippen molar-refractivity contribution in [2.75, 3.05) is 38.7 Å². The molecule has 1 aromatic carbocycles. The summed E-state index contributed by atoms with van der Waals surface area (Å²) in [5.74, 6) is -0.617. The molecular formula is C34H43N5O6. The predicted molar refractivity (Wildman–Crippen MR) is 170 cm³/mol. The number of aliphatic hydroxyl groups is 1. The molecule has 0 bridgehead atoms. The van der Waals surface area contributed by atoms with E-state index < -0.39 is 6.04 Å². The number of carbonyl (C=O) groups excluding carboxylic acids is 3. The maximum Gasteiger partial charge on any atom is 0.258 e. The Hall–Kier alpha value is -4.35. The van der Waals surface area contributed by atoms with E-state index in [1.807, 2.05) is 13.8 Å². The number of pyridine rings is 2. The summed E-state index contributed by atoms with van der Waals surface area (Å²) in [4.78, 5) is 51.5. The van der Waals surface area contributed by atoms with Gasteiger partial charge in [-0.05, 0) is 75.6 Å². The number of likely N-dealkylation sites (N-methyl/N-ethyl adjacent to an activating group) is 1. The van der Waals surface area contributed by atoms with Gasteiger partial charge in [0.25, 0.3) is 17.7 Å². The lowest BCUT2D eigenvalue weighted by molar-refractivity contribution is -0.0149. The van der Waals surface area contributed by atoms with Crippen molar-refractivity contribution in [1.29, 1.82) is 0 Å². The third-order valence-corrected chi connectivity index (χ3v) is 7.98. The van der Waals surface area contributed by atoms with Crippen molar-refractivity contribution < 1.29 is 29.0 Å². The number of fused-ring (bicyclic) bond motifs is 1. The average Bonchev–Trinajstić information content (AvgIpc) is 3.06. The molecule has 0 aliphatic carbocycles. The fraction of sp³-hybridized carbons (Fsp3) is 0.441.